The predicted octanol–water partition coefficient (Wildman–Crippen LogP) is 4.93. The summed E-state index contributed by atoms with van der Waals surface area (Å²) in [4.78, 5) is 28.6. The number of carbonyl (C=O) groups is 2. The minimum Gasteiger partial charge on any atom is -0.278 e. The molecule has 1 fully saturated rings. The average Bonchev–Trinajstić information content (AvgIpc) is 3.06. The van der Waals surface area contributed by atoms with Crippen molar-refractivity contribution < 1.29 is 9.59 Å². The molecule has 2 aliphatic rings. The molecule has 3 aromatic rings. The molecule has 0 unspecified atom stereocenters. The predicted molar refractivity (Wildman–Crippen MR) is 116 cm³/mol. The van der Waals surface area contributed by atoms with E-state index in [9.17, 15) is 9.59 Å². The monoisotopic (exact) mass is 393 g/mol. The zero-order chi connectivity index (χ0) is 20.5. The second kappa shape index (κ2) is 7.75. The van der Waals surface area contributed by atoms with Crippen LogP contribution in [0.5, 0.6) is 0 Å². The lowest BCUT2D eigenvalue weighted by atomic mass is 9.68. The van der Waals surface area contributed by atoms with E-state index >= 15 is 0 Å². The van der Waals surface area contributed by atoms with Crippen molar-refractivity contribution in [1.82, 2.24) is 4.90 Å². The highest BCUT2D eigenvalue weighted by Crippen LogP contribution is 2.49. The summed E-state index contributed by atoms with van der Waals surface area (Å²) in [6.45, 7) is 0.328. The van der Waals surface area contributed by atoms with Crippen molar-refractivity contribution in [2.45, 2.75) is 18.4 Å². The van der Waals surface area contributed by atoms with Crippen LogP contribution in [-0.4, -0.2) is 16.7 Å². The van der Waals surface area contributed by atoms with Crippen LogP contribution < -0.4 is 0 Å². The minimum atomic E-state index is -0.376. The van der Waals surface area contributed by atoms with Gasteiger partial charge >= 0.3 is 0 Å². The fourth-order valence-corrected chi connectivity index (χ4v) is 4.92. The van der Waals surface area contributed by atoms with Crippen molar-refractivity contribution in [3.8, 4) is 0 Å². The molecule has 1 aliphatic heterocycles. The van der Waals surface area contributed by atoms with Crippen LogP contribution in [0.25, 0.3) is 0 Å². The summed E-state index contributed by atoms with van der Waals surface area (Å²) >= 11 is 0. The third-order valence-corrected chi connectivity index (χ3v) is 6.34. The van der Waals surface area contributed by atoms with E-state index in [1.165, 1.54) is 4.90 Å². The van der Waals surface area contributed by atoms with E-state index in [1.807, 2.05) is 91.0 Å². The van der Waals surface area contributed by atoms with Gasteiger partial charge < -0.3 is 0 Å². The Morgan fingerprint density at radius 1 is 0.567 bits per heavy atom. The molecule has 0 spiro atoms. The van der Waals surface area contributed by atoms with Crippen LogP contribution in [-0.2, 0) is 16.1 Å². The first kappa shape index (κ1) is 18.6. The quantitative estimate of drug-likeness (QED) is 0.466. The molecule has 0 radical (unpaired) electrons. The summed E-state index contributed by atoms with van der Waals surface area (Å²) in [5.41, 5.74) is 3.13. The van der Waals surface area contributed by atoms with E-state index in [-0.39, 0.29) is 35.5 Å². The van der Waals surface area contributed by atoms with Gasteiger partial charge in [0.05, 0.1) is 18.4 Å². The highest BCUT2D eigenvalue weighted by molar-refractivity contribution is 6.06. The lowest BCUT2D eigenvalue weighted by Gasteiger charge is -2.32. The SMILES string of the molecule is O=C1[C@@H]2[C@H](C(=O)N1Cc1ccccc1)[C@@H](c1ccccc1)C=C[C@H]2c1ccccc1. The number of nitrogens with zero attached hydrogens (tertiary/aromatic N) is 1. The molecule has 1 aliphatic carbocycles. The van der Waals surface area contributed by atoms with Gasteiger partial charge in [0.15, 0.2) is 0 Å². The van der Waals surface area contributed by atoms with Crippen molar-refractivity contribution in [2.24, 2.45) is 11.8 Å². The van der Waals surface area contributed by atoms with Crippen LogP contribution in [0.2, 0.25) is 0 Å². The smallest absolute Gasteiger partial charge is 0.234 e. The molecule has 3 heteroatoms. The number of benzene rings is 3. The number of hydrogen-bond donors (Lipinski definition) is 0. The summed E-state index contributed by atoms with van der Waals surface area (Å²) in [6.07, 6.45) is 4.26. The lowest BCUT2D eigenvalue weighted by molar-refractivity contribution is -0.140. The van der Waals surface area contributed by atoms with Crippen LogP contribution in [0.1, 0.15) is 28.5 Å². The van der Waals surface area contributed by atoms with Gasteiger partial charge in [-0.15, -0.1) is 0 Å². The number of amides is 2. The maximum atomic E-state index is 13.6. The largest absolute Gasteiger partial charge is 0.278 e. The molecule has 1 saturated heterocycles. The Morgan fingerprint density at radius 3 is 1.40 bits per heavy atom. The first-order valence-electron chi connectivity index (χ1n) is 10.4. The molecule has 3 aromatic carbocycles. The number of imide groups is 1. The Balaban J connectivity index is 1.57. The van der Waals surface area contributed by atoms with Crippen LogP contribution in [0.4, 0.5) is 0 Å². The Labute approximate surface area is 176 Å². The summed E-state index contributed by atoms with van der Waals surface area (Å²) in [7, 11) is 0. The maximum Gasteiger partial charge on any atom is 0.234 e. The number of fused-ring (bicyclic) bond motifs is 1. The van der Waals surface area contributed by atoms with Gasteiger partial charge in [-0.3, -0.25) is 14.5 Å². The molecule has 5 rings (SSSR count). The van der Waals surface area contributed by atoms with E-state index in [1.54, 1.807) is 0 Å². The molecule has 0 N–H and O–H groups in total. The topological polar surface area (TPSA) is 37.4 Å². The highest BCUT2D eigenvalue weighted by atomic mass is 16.2. The number of carbonyl (C=O) groups excluding carboxylic acids is 2. The zero-order valence-electron chi connectivity index (χ0n) is 16.6. The number of allylic oxidation sites excluding steroid dienone is 2. The fourth-order valence-electron chi connectivity index (χ4n) is 4.92. The van der Waals surface area contributed by atoms with Crippen LogP contribution in [0.15, 0.2) is 103 Å². The Bertz CT molecular complexity index is 1010. The van der Waals surface area contributed by atoms with Crippen molar-refractivity contribution in [3.63, 3.8) is 0 Å². The van der Waals surface area contributed by atoms with Gasteiger partial charge in [0.1, 0.15) is 0 Å². The second-order valence-electron chi connectivity index (χ2n) is 8.06. The molecule has 0 aromatic heterocycles. The second-order valence-corrected chi connectivity index (χ2v) is 8.06. The molecule has 4 atom stereocenters. The van der Waals surface area contributed by atoms with Crippen molar-refractivity contribution >= 4 is 11.8 Å². The summed E-state index contributed by atoms with van der Waals surface area (Å²) in [5, 5.41) is 0. The van der Waals surface area contributed by atoms with Crippen molar-refractivity contribution in [3.05, 3.63) is 120 Å². The summed E-state index contributed by atoms with van der Waals surface area (Å²) < 4.78 is 0. The van der Waals surface area contributed by atoms with Gasteiger partial charge in [0, 0.05) is 11.8 Å². The van der Waals surface area contributed by atoms with Gasteiger partial charge in [-0.2, -0.15) is 0 Å². The third-order valence-electron chi connectivity index (χ3n) is 6.34. The van der Waals surface area contributed by atoms with E-state index < -0.39 is 0 Å². The molecule has 148 valence electrons. The van der Waals surface area contributed by atoms with Crippen LogP contribution in [0, 0.1) is 11.8 Å². The number of hydrogen-bond acceptors (Lipinski definition) is 2. The Morgan fingerprint density at radius 2 is 0.967 bits per heavy atom. The van der Waals surface area contributed by atoms with E-state index in [4.69, 9.17) is 0 Å². The van der Waals surface area contributed by atoms with Gasteiger partial charge in [-0.05, 0) is 16.7 Å². The first-order valence-corrected chi connectivity index (χ1v) is 10.4. The third kappa shape index (κ3) is 3.17. The fraction of sp³-hybridized carbons (Fsp3) is 0.185. The average molecular weight is 393 g/mol. The van der Waals surface area contributed by atoms with Gasteiger partial charge in [0.2, 0.25) is 11.8 Å². The Hall–Kier alpha value is -3.46. The molecular formula is C27H23NO2. The zero-order valence-corrected chi connectivity index (χ0v) is 16.6. The van der Waals surface area contributed by atoms with Gasteiger partial charge in [0.25, 0.3) is 0 Å². The standard InChI is InChI=1S/C27H23NO2/c29-26-24-22(20-12-6-2-7-13-20)16-17-23(21-14-8-3-9-15-21)25(24)27(30)28(26)18-19-10-4-1-5-11-19/h1-17,22-25H,18H2/t22-,23+,24-,25+. The van der Waals surface area contributed by atoms with Crippen molar-refractivity contribution in [1.29, 1.82) is 0 Å². The van der Waals surface area contributed by atoms with Crippen LogP contribution in [0.3, 0.4) is 0 Å². The van der Waals surface area contributed by atoms with E-state index in [0.29, 0.717) is 6.54 Å². The summed E-state index contributed by atoms with van der Waals surface area (Å²) in [6, 6.07) is 29.9. The van der Waals surface area contributed by atoms with E-state index in [2.05, 4.69) is 12.2 Å². The number of rotatable bonds is 4. The van der Waals surface area contributed by atoms with Gasteiger partial charge in [-0.1, -0.05) is 103 Å². The highest BCUT2D eigenvalue weighted by Gasteiger charge is 2.54. The van der Waals surface area contributed by atoms with E-state index in [0.717, 1.165) is 16.7 Å². The molecule has 30 heavy (non-hydrogen) atoms. The molecule has 0 bridgehead atoms. The summed E-state index contributed by atoms with van der Waals surface area (Å²) in [5.74, 6) is -1.06. The first-order chi connectivity index (χ1) is 14.7. The van der Waals surface area contributed by atoms with Crippen LogP contribution >= 0.6 is 0 Å². The molecular weight excluding hydrogens is 370 g/mol. The number of likely N-dealkylation sites (tertiary alicyclic amines) is 1. The van der Waals surface area contributed by atoms with Gasteiger partial charge in [-0.25, -0.2) is 0 Å². The Kier molecular flexibility index (Phi) is 4.80. The maximum absolute atomic E-state index is 13.6. The molecule has 1 heterocycles. The minimum absolute atomic E-state index is 0.0620. The molecule has 2 amide bonds. The molecule has 0 saturated carbocycles. The lowest BCUT2D eigenvalue weighted by Crippen LogP contribution is -2.31. The van der Waals surface area contributed by atoms with Crippen molar-refractivity contribution in [2.75, 3.05) is 0 Å². The molecule has 3 nitrogen and oxygen atoms in total. The normalized spacial score (nSPS) is 25.4.